The molecule has 0 atom stereocenters. The first-order valence-electron chi connectivity index (χ1n) is 6.23. The summed E-state index contributed by atoms with van der Waals surface area (Å²) in [6.45, 7) is 4.38. The van der Waals surface area contributed by atoms with E-state index in [9.17, 15) is 10.1 Å². The lowest BCUT2D eigenvalue weighted by Gasteiger charge is -2.03. The van der Waals surface area contributed by atoms with Crippen LogP contribution in [0.5, 0.6) is 0 Å². The van der Waals surface area contributed by atoms with Crippen molar-refractivity contribution in [3.05, 3.63) is 40.2 Å². The van der Waals surface area contributed by atoms with Crippen LogP contribution in [0.3, 0.4) is 0 Å². The zero-order chi connectivity index (χ0) is 14.5. The topological polar surface area (TPSA) is 107 Å². The van der Waals surface area contributed by atoms with Crippen LogP contribution in [0.4, 0.5) is 11.5 Å². The highest BCUT2D eigenvalue weighted by molar-refractivity contribution is 5.54. The molecule has 0 amide bonds. The highest BCUT2D eigenvalue weighted by Crippen LogP contribution is 2.20. The molecule has 0 aliphatic heterocycles. The van der Waals surface area contributed by atoms with Gasteiger partial charge in [-0.25, -0.2) is 4.98 Å². The van der Waals surface area contributed by atoms with E-state index in [0.717, 1.165) is 0 Å². The Kier molecular flexibility index (Phi) is 4.24. The van der Waals surface area contributed by atoms with Gasteiger partial charge in [-0.15, -0.1) is 0 Å². The molecule has 106 valence electrons. The first-order valence-corrected chi connectivity index (χ1v) is 6.23. The number of nitro groups is 1. The molecule has 0 aliphatic rings. The molecule has 2 rings (SSSR count). The number of rotatable bonds is 6. The van der Waals surface area contributed by atoms with Gasteiger partial charge in [-0.1, -0.05) is 19.0 Å². The summed E-state index contributed by atoms with van der Waals surface area (Å²) in [4.78, 5) is 18.5. The lowest BCUT2D eigenvalue weighted by molar-refractivity contribution is -0.384. The normalized spacial score (nSPS) is 10.8. The fraction of sp³-hybridized carbons (Fsp3) is 0.417. The predicted molar refractivity (Wildman–Crippen MR) is 71.5 cm³/mol. The maximum Gasteiger partial charge on any atom is 0.311 e. The van der Waals surface area contributed by atoms with E-state index in [1.54, 1.807) is 0 Å². The Morgan fingerprint density at radius 1 is 1.50 bits per heavy atom. The van der Waals surface area contributed by atoms with Crippen LogP contribution in [0.15, 0.2) is 22.9 Å². The Morgan fingerprint density at radius 3 is 2.95 bits per heavy atom. The second-order valence-corrected chi connectivity index (χ2v) is 4.51. The van der Waals surface area contributed by atoms with Crippen molar-refractivity contribution in [1.82, 2.24) is 15.1 Å². The van der Waals surface area contributed by atoms with Crippen molar-refractivity contribution in [3.63, 3.8) is 0 Å². The van der Waals surface area contributed by atoms with Crippen molar-refractivity contribution in [2.75, 3.05) is 11.9 Å². The Hall–Kier alpha value is -2.51. The lowest BCUT2D eigenvalue weighted by atomic mass is 10.2. The second-order valence-electron chi connectivity index (χ2n) is 4.51. The van der Waals surface area contributed by atoms with Gasteiger partial charge in [0.15, 0.2) is 5.82 Å². The fourth-order valence-corrected chi connectivity index (χ4v) is 1.57. The lowest BCUT2D eigenvalue weighted by Crippen LogP contribution is -2.08. The van der Waals surface area contributed by atoms with Gasteiger partial charge >= 0.3 is 5.69 Å². The highest BCUT2D eigenvalue weighted by Gasteiger charge is 2.14. The van der Waals surface area contributed by atoms with E-state index in [1.807, 2.05) is 13.8 Å². The minimum absolute atomic E-state index is 0.0547. The van der Waals surface area contributed by atoms with E-state index >= 15 is 0 Å². The molecule has 8 nitrogen and oxygen atoms in total. The number of anilines is 1. The van der Waals surface area contributed by atoms with Gasteiger partial charge in [0.25, 0.3) is 0 Å². The average molecular weight is 277 g/mol. The number of hydrogen-bond donors (Lipinski definition) is 1. The number of hydrogen-bond acceptors (Lipinski definition) is 7. The van der Waals surface area contributed by atoms with Crippen molar-refractivity contribution in [1.29, 1.82) is 0 Å². The number of pyridine rings is 1. The molecular weight excluding hydrogens is 262 g/mol. The number of nitrogens with one attached hydrogen (secondary N) is 1. The Morgan fingerprint density at radius 2 is 2.30 bits per heavy atom. The van der Waals surface area contributed by atoms with Gasteiger partial charge in [0.1, 0.15) is 0 Å². The van der Waals surface area contributed by atoms with E-state index < -0.39 is 4.92 Å². The Labute approximate surface area is 115 Å². The third-order valence-electron chi connectivity index (χ3n) is 2.61. The zero-order valence-corrected chi connectivity index (χ0v) is 11.2. The van der Waals surface area contributed by atoms with E-state index in [1.165, 1.54) is 18.3 Å². The molecule has 0 unspecified atom stereocenters. The molecular formula is C12H15N5O3. The molecule has 0 fully saturated rings. The molecule has 0 aromatic carbocycles. The van der Waals surface area contributed by atoms with Gasteiger partial charge in [-0.2, -0.15) is 4.98 Å². The van der Waals surface area contributed by atoms with Crippen LogP contribution < -0.4 is 5.32 Å². The molecule has 20 heavy (non-hydrogen) atoms. The average Bonchev–Trinajstić information content (AvgIpc) is 2.88. The Balaban J connectivity index is 1.94. The molecule has 0 radical (unpaired) electrons. The molecule has 1 N–H and O–H groups in total. The smallest absolute Gasteiger partial charge is 0.311 e. The quantitative estimate of drug-likeness (QED) is 0.636. The van der Waals surface area contributed by atoms with Gasteiger partial charge < -0.3 is 9.84 Å². The highest BCUT2D eigenvalue weighted by atomic mass is 16.6. The van der Waals surface area contributed by atoms with Crippen molar-refractivity contribution in [2.24, 2.45) is 0 Å². The third-order valence-corrected chi connectivity index (χ3v) is 2.61. The van der Waals surface area contributed by atoms with Gasteiger partial charge in [0.2, 0.25) is 11.7 Å². The van der Waals surface area contributed by atoms with E-state index in [-0.39, 0.29) is 17.4 Å². The molecule has 2 aromatic heterocycles. The van der Waals surface area contributed by atoms with Crippen LogP contribution in [0, 0.1) is 10.1 Å². The summed E-state index contributed by atoms with van der Waals surface area (Å²) in [7, 11) is 0. The maximum absolute atomic E-state index is 10.8. The molecule has 0 aliphatic carbocycles. The van der Waals surface area contributed by atoms with Gasteiger partial charge in [-0.05, 0) is 6.07 Å². The third kappa shape index (κ3) is 3.28. The van der Waals surface area contributed by atoms with Crippen molar-refractivity contribution < 1.29 is 9.45 Å². The van der Waals surface area contributed by atoms with E-state index in [2.05, 4.69) is 20.4 Å². The summed E-state index contributed by atoms with van der Waals surface area (Å²) in [5, 5.41) is 17.6. The first-order chi connectivity index (χ1) is 9.58. The van der Waals surface area contributed by atoms with Crippen molar-refractivity contribution in [2.45, 2.75) is 26.2 Å². The minimum Gasteiger partial charge on any atom is -0.364 e. The SMILES string of the molecule is CC(C)c1noc(CCNc2ncccc2[N+](=O)[O-])n1. The molecule has 2 aromatic rings. The van der Waals surface area contributed by atoms with Crippen LogP contribution in [-0.4, -0.2) is 26.6 Å². The van der Waals surface area contributed by atoms with Gasteiger partial charge in [0.05, 0.1) is 4.92 Å². The summed E-state index contributed by atoms with van der Waals surface area (Å²) < 4.78 is 5.09. The maximum atomic E-state index is 10.8. The van der Waals surface area contributed by atoms with Crippen molar-refractivity contribution >= 4 is 11.5 Å². The number of aromatic nitrogens is 3. The molecule has 0 bridgehead atoms. The van der Waals surface area contributed by atoms with E-state index in [4.69, 9.17) is 4.52 Å². The number of nitrogens with zero attached hydrogens (tertiary/aromatic N) is 4. The molecule has 0 saturated heterocycles. The van der Waals surface area contributed by atoms with Gasteiger partial charge in [-0.3, -0.25) is 10.1 Å². The van der Waals surface area contributed by atoms with Crippen LogP contribution in [0.1, 0.15) is 31.5 Å². The minimum atomic E-state index is -0.473. The Bertz CT molecular complexity index is 596. The van der Waals surface area contributed by atoms with E-state index in [0.29, 0.717) is 24.7 Å². The first kappa shape index (κ1) is 13.9. The molecule has 0 spiro atoms. The fourth-order valence-electron chi connectivity index (χ4n) is 1.57. The van der Waals surface area contributed by atoms with Crippen molar-refractivity contribution in [3.8, 4) is 0 Å². The monoisotopic (exact) mass is 277 g/mol. The second kappa shape index (κ2) is 6.09. The summed E-state index contributed by atoms with van der Waals surface area (Å²) >= 11 is 0. The summed E-state index contributed by atoms with van der Waals surface area (Å²) in [6, 6.07) is 2.93. The van der Waals surface area contributed by atoms with Gasteiger partial charge in [0, 0.05) is 31.1 Å². The molecule has 2 heterocycles. The van der Waals surface area contributed by atoms with Crippen LogP contribution in [0.25, 0.3) is 0 Å². The molecule has 8 heteroatoms. The largest absolute Gasteiger partial charge is 0.364 e. The predicted octanol–water partition coefficient (Wildman–Crippen LogP) is 2.15. The summed E-state index contributed by atoms with van der Waals surface area (Å²) in [6.07, 6.45) is 1.98. The summed E-state index contributed by atoms with van der Waals surface area (Å²) in [5.74, 6) is 1.60. The van der Waals surface area contributed by atoms with Crippen LogP contribution >= 0.6 is 0 Å². The molecule has 0 saturated carbocycles. The van der Waals surface area contributed by atoms with Crippen LogP contribution in [0.2, 0.25) is 0 Å². The standard InChI is InChI=1S/C12H15N5O3/c1-8(2)11-15-10(20-16-11)5-7-14-12-9(17(18)19)4-3-6-13-12/h3-4,6,8H,5,7H2,1-2H3,(H,13,14). The van der Waals surface area contributed by atoms with Crippen LogP contribution in [-0.2, 0) is 6.42 Å². The zero-order valence-electron chi connectivity index (χ0n) is 11.2. The summed E-state index contributed by atoms with van der Waals surface area (Å²) in [5.41, 5.74) is -0.0547.